The van der Waals surface area contributed by atoms with Crippen molar-refractivity contribution in [3.63, 3.8) is 0 Å². The van der Waals surface area contributed by atoms with Crippen molar-refractivity contribution < 1.29 is 9.90 Å². The van der Waals surface area contributed by atoms with Crippen molar-refractivity contribution in [3.05, 3.63) is 18.0 Å². The van der Waals surface area contributed by atoms with Crippen molar-refractivity contribution >= 4 is 17.7 Å². The van der Waals surface area contributed by atoms with Gasteiger partial charge >= 0.3 is 5.97 Å². The lowest BCUT2D eigenvalue weighted by Crippen LogP contribution is -2.33. The maximum atomic E-state index is 10.7. The normalized spacial score (nSPS) is 25.7. The molecule has 0 aromatic carbocycles. The highest BCUT2D eigenvalue weighted by Crippen LogP contribution is 2.32. The van der Waals surface area contributed by atoms with Crippen LogP contribution in [0.25, 0.3) is 0 Å². The molecule has 0 amide bonds. The maximum Gasteiger partial charge on any atom is 0.321 e. The molecule has 82 valence electrons. The minimum absolute atomic E-state index is 0.0615. The number of rotatable bonds is 3. The highest BCUT2D eigenvalue weighted by atomic mass is 32.2. The molecule has 1 aliphatic rings. The Morgan fingerprint density at radius 1 is 1.87 bits per heavy atom. The van der Waals surface area contributed by atoms with Crippen LogP contribution in [0.4, 0.5) is 0 Å². The van der Waals surface area contributed by atoms with Gasteiger partial charge < -0.3 is 5.11 Å². The molecule has 2 unspecified atom stereocenters. The number of aromatic nitrogens is 2. The second kappa shape index (κ2) is 4.24. The van der Waals surface area contributed by atoms with Crippen LogP contribution in [0.15, 0.2) is 12.4 Å². The fourth-order valence-electron chi connectivity index (χ4n) is 1.49. The summed E-state index contributed by atoms with van der Waals surface area (Å²) in [5.74, 6) is -0.176. The number of carboxylic acids is 1. The van der Waals surface area contributed by atoms with Crippen molar-refractivity contribution in [3.8, 4) is 0 Å². The first-order chi connectivity index (χ1) is 7.20. The zero-order chi connectivity index (χ0) is 10.8. The molecule has 0 bridgehead atoms. The molecule has 15 heavy (non-hydrogen) atoms. The van der Waals surface area contributed by atoms with Gasteiger partial charge in [0, 0.05) is 24.1 Å². The molecule has 6 heteroatoms. The van der Waals surface area contributed by atoms with Gasteiger partial charge in [-0.1, -0.05) is 0 Å². The van der Waals surface area contributed by atoms with E-state index in [4.69, 9.17) is 5.11 Å². The first-order valence-corrected chi connectivity index (χ1v) is 5.88. The standard InChI is InChI=1S/C9H13N3O2S/c1-2-12-4-6(3-10-12)8-11-7(5-15-8)9(13)14/h3-4,7-8,11H,2,5H2,1H3,(H,13,14). The lowest BCUT2D eigenvalue weighted by Gasteiger charge is -2.07. The third-order valence-corrected chi connectivity index (χ3v) is 3.63. The van der Waals surface area contributed by atoms with Crippen LogP contribution < -0.4 is 5.32 Å². The molecule has 1 saturated heterocycles. The van der Waals surface area contributed by atoms with Crippen LogP contribution in [0.5, 0.6) is 0 Å². The third-order valence-electron chi connectivity index (χ3n) is 2.36. The highest BCUT2D eigenvalue weighted by Gasteiger charge is 2.30. The number of carbonyl (C=O) groups is 1. The number of nitrogens with zero attached hydrogens (tertiary/aromatic N) is 2. The van der Waals surface area contributed by atoms with Gasteiger partial charge in [-0.15, -0.1) is 11.8 Å². The van der Waals surface area contributed by atoms with Crippen molar-refractivity contribution in [2.24, 2.45) is 0 Å². The quantitative estimate of drug-likeness (QED) is 0.795. The molecule has 2 N–H and O–H groups in total. The second-order valence-electron chi connectivity index (χ2n) is 3.40. The molecule has 2 rings (SSSR count). The van der Waals surface area contributed by atoms with Crippen LogP contribution in [0.3, 0.4) is 0 Å². The largest absolute Gasteiger partial charge is 0.480 e. The van der Waals surface area contributed by atoms with Crippen LogP contribution in [0.2, 0.25) is 0 Å². The summed E-state index contributed by atoms with van der Waals surface area (Å²) in [6, 6.07) is -0.440. The van der Waals surface area contributed by atoms with Gasteiger partial charge in [0.2, 0.25) is 0 Å². The van der Waals surface area contributed by atoms with Crippen molar-refractivity contribution in [1.29, 1.82) is 0 Å². The average molecular weight is 227 g/mol. The zero-order valence-electron chi connectivity index (χ0n) is 8.38. The van der Waals surface area contributed by atoms with Crippen LogP contribution in [-0.2, 0) is 11.3 Å². The van der Waals surface area contributed by atoms with Gasteiger partial charge in [0.15, 0.2) is 0 Å². The average Bonchev–Trinajstić information content (AvgIpc) is 2.86. The summed E-state index contributed by atoms with van der Waals surface area (Å²) in [7, 11) is 0. The summed E-state index contributed by atoms with van der Waals surface area (Å²) < 4.78 is 1.84. The molecule has 0 radical (unpaired) electrons. The Hall–Kier alpha value is -1.01. The lowest BCUT2D eigenvalue weighted by atomic mass is 10.3. The summed E-state index contributed by atoms with van der Waals surface area (Å²) in [6.45, 7) is 2.85. The van der Waals surface area contributed by atoms with E-state index in [0.717, 1.165) is 12.1 Å². The van der Waals surface area contributed by atoms with E-state index in [-0.39, 0.29) is 5.37 Å². The zero-order valence-corrected chi connectivity index (χ0v) is 9.20. The van der Waals surface area contributed by atoms with E-state index in [2.05, 4.69) is 10.4 Å². The maximum absolute atomic E-state index is 10.7. The molecule has 1 aromatic rings. The predicted molar refractivity (Wildman–Crippen MR) is 57.7 cm³/mol. The Bertz CT molecular complexity index is 366. The van der Waals surface area contributed by atoms with E-state index in [0.29, 0.717) is 5.75 Å². The number of carboxylic acid groups (broad SMARTS) is 1. The molecule has 1 aliphatic heterocycles. The fraction of sp³-hybridized carbons (Fsp3) is 0.556. The first-order valence-electron chi connectivity index (χ1n) is 4.83. The van der Waals surface area contributed by atoms with E-state index < -0.39 is 12.0 Å². The summed E-state index contributed by atoms with van der Waals surface area (Å²) in [4.78, 5) is 10.7. The number of aliphatic carboxylic acids is 1. The van der Waals surface area contributed by atoms with Gasteiger partial charge in [0.25, 0.3) is 0 Å². The SMILES string of the molecule is CCn1cc(C2NC(C(=O)O)CS2)cn1. The Balaban J connectivity index is 2.04. The van der Waals surface area contributed by atoms with E-state index >= 15 is 0 Å². The summed E-state index contributed by atoms with van der Waals surface area (Å²) in [5.41, 5.74) is 1.05. The van der Waals surface area contributed by atoms with Crippen molar-refractivity contribution in [1.82, 2.24) is 15.1 Å². The summed E-state index contributed by atoms with van der Waals surface area (Å²) in [5, 5.41) is 16.1. The molecule has 2 atom stereocenters. The topological polar surface area (TPSA) is 67.2 Å². The molecule has 0 saturated carbocycles. The Kier molecular flexibility index (Phi) is 2.97. The molecular weight excluding hydrogens is 214 g/mol. The molecule has 5 nitrogen and oxygen atoms in total. The molecule has 1 aromatic heterocycles. The van der Waals surface area contributed by atoms with Crippen LogP contribution in [-0.4, -0.2) is 32.7 Å². The number of hydrogen-bond acceptors (Lipinski definition) is 4. The molecule has 0 spiro atoms. The first kappa shape index (κ1) is 10.5. The number of aryl methyl sites for hydroxylation is 1. The minimum atomic E-state index is -0.784. The van der Waals surface area contributed by atoms with Crippen LogP contribution in [0.1, 0.15) is 17.9 Å². The van der Waals surface area contributed by atoms with Gasteiger partial charge in [0.05, 0.1) is 11.6 Å². The van der Waals surface area contributed by atoms with Crippen LogP contribution >= 0.6 is 11.8 Å². The minimum Gasteiger partial charge on any atom is -0.480 e. The number of hydrogen-bond donors (Lipinski definition) is 2. The number of nitrogens with one attached hydrogen (secondary N) is 1. The Morgan fingerprint density at radius 3 is 3.20 bits per heavy atom. The predicted octanol–water partition coefficient (Wildman–Crippen LogP) is 0.691. The van der Waals surface area contributed by atoms with Crippen LogP contribution in [0, 0.1) is 0 Å². The highest BCUT2D eigenvalue weighted by molar-refractivity contribution is 7.99. The lowest BCUT2D eigenvalue weighted by molar-refractivity contribution is -0.138. The van der Waals surface area contributed by atoms with E-state index in [1.165, 1.54) is 0 Å². The fourth-order valence-corrected chi connectivity index (χ4v) is 2.69. The summed E-state index contributed by atoms with van der Waals surface area (Å²) in [6.07, 6.45) is 3.74. The second-order valence-corrected chi connectivity index (χ2v) is 4.54. The molecular formula is C9H13N3O2S. The number of thioether (sulfide) groups is 1. The van der Waals surface area contributed by atoms with Gasteiger partial charge in [-0.05, 0) is 6.92 Å². The summed E-state index contributed by atoms with van der Waals surface area (Å²) >= 11 is 1.61. The van der Waals surface area contributed by atoms with E-state index in [9.17, 15) is 4.79 Å². The van der Waals surface area contributed by atoms with Gasteiger partial charge in [-0.3, -0.25) is 14.8 Å². The van der Waals surface area contributed by atoms with Crippen molar-refractivity contribution in [2.75, 3.05) is 5.75 Å². The van der Waals surface area contributed by atoms with E-state index in [1.807, 2.05) is 17.8 Å². The van der Waals surface area contributed by atoms with Gasteiger partial charge in [0.1, 0.15) is 6.04 Å². The van der Waals surface area contributed by atoms with Gasteiger partial charge in [-0.2, -0.15) is 5.10 Å². The smallest absolute Gasteiger partial charge is 0.321 e. The van der Waals surface area contributed by atoms with Crippen molar-refractivity contribution in [2.45, 2.75) is 24.9 Å². The third kappa shape index (κ3) is 2.15. The molecule has 1 fully saturated rings. The molecule has 2 heterocycles. The Labute approximate surface area is 91.9 Å². The van der Waals surface area contributed by atoms with E-state index in [1.54, 1.807) is 18.0 Å². The molecule has 0 aliphatic carbocycles. The Morgan fingerprint density at radius 2 is 2.67 bits per heavy atom. The van der Waals surface area contributed by atoms with Gasteiger partial charge in [-0.25, -0.2) is 0 Å². The monoisotopic (exact) mass is 227 g/mol.